The number of carboxylic acids is 1. The minimum Gasteiger partial charge on any atom is -0.480 e. The standard InChI is InChI=1S/C14H19NO4S/c1-3-9-5-7-10(8-6-9)11-12(20(18,19)4-2)14(11,15)13(16)17/h5-8,11-12H,3-4,15H2,1-2H3,(H,16,17)/t11-,12+,14+/m0/s1. The monoisotopic (exact) mass is 297 g/mol. The SMILES string of the molecule is CCc1ccc([C@H]2[C@@H](S(=O)(=O)CC)[C@@]2(N)C(=O)O)cc1. The van der Waals surface area contributed by atoms with E-state index in [-0.39, 0.29) is 5.75 Å². The molecule has 3 atom stereocenters. The molecule has 5 nitrogen and oxygen atoms in total. The summed E-state index contributed by atoms with van der Waals surface area (Å²) in [4.78, 5) is 11.4. The van der Waals surface area contributed by atoms with Crippen LogP contribution in [0.15, 0.2) is 24.3 Å². The summed E-state index contributed by atoms with van der Waals surface area (Å²) in [5.41, 5.74) is 5.95. The Labute approximate surface area is 118 Å². The van der Waals surface area contributed by atoms with E-state index in [2.05, 4.69) is 0 Å². The van der Waals surface area contributed by atoms with Gasteiger partial charge < -0.3 is 10.8 Å². The summed E-state index contributed by atoms with van der Waals surface area (Å²) in [6.07, 6.45) is 0.869. The Balaban J connectivity index is 2.41. The van der Waals surface area contributed by atoms with Gasteiger partial charge in [-0.1, -0.05) is 38.1 Å². The lowest BCUT2D eigenvalue weighted by Gasteiger charge is -2.05. The lowest BCUT2D eigenvalue weighted by molar-refractivity contribution is -0.139. The van der Waals surface area contributed by atoms with Gasteiger partial charge in [0, 0.05) is 11.7 Å². The molecule has 0 spiro atoms. The molecule has 0 saturated heterocycles. The van der Waals surface area contributed by atoms with Crippen LogP contribution in [0, 0.1) is 0 Å². The number of hydrogen-bond donors (Lipinski definition) is 2. The van der Waals surface area contributed by atoms with Gasteiger partial charge in [-0.2, -0.15) is 0 Å². The summed E-state index contributed by atoms with van der Waals surface area (Å²) >= 11 is 0. The van der Waals surface area contributed by atoms with Crippen molar-refractivity contribution in [1.82, 2.24) is 0 Å². The maximum Gasteiger partial charge on any atom is 0.325 e. The van der Waals surface area contributed by atoms with Crippen LogP contribution in [-0.2, 0) is 21.1 Å². The molecule has 1 aromatic rings. The van der Waals surface area contributed by atoms with Crippen molar-refractivity contribution < 1.29 is 18.3 Å². The summed E-state index contributed by atoms with van der Waals surface area (Å²) in [5, 5.41) is 8.25. The molecule has 0 aliphatic heterocycles. The summed E-state index contributed by atoms with van der Waals surface area (Å²) in [5.74, 6) is -2.03. The van der Waals surface area contributed by atoms with E-state index in [9.17, 15) is 18.3 Å². The van der Waals surface area contributed by atoms with Gasteiger partial charge in [-0.25, -0.2) is 8.42 Å². The van der Waals surface area contributed by atoms with Gasteiger partial charge in [0.25, 0.3) is 0 Å². The molecule has 0 aromatic heterocycles. The van der Waals surface area contributed by atoms with Crippen LogP contribution in [-0.4, -0.2) is 36.0 Å². The first-order chi connectivity index (χ1) is 9.29. The number of carbonyl (C=O) groups is 1. The van der Waals surface area contributed by atoms with Crippen LogP contribution in [0.4, 0.5) is 0 Å². The number of hydrogen-bond acceptors (Lipinski definition) is 4. The minimum atomic E-state index is -3.50. The minimum absolute atomic E-state index is 0.104. The molecule has 0 unspecified atom stereocenters. The third-order valence-corrected chi connectivity index (χ3v) is 6.33. The highest BCUT2D eigenvalue weighted by Crippen LogP contribution is 2.54. The largest absolute Gasteiger partial charge is 0.480 e. The Bertz CT molecular complexity index is 623. The second kappa shape index (κ2) is 4.86. The third kappa shape index (κ3) is 2.13. The summed E-state index contributed by atoms with van der Waals surface area (Å²) in [6.45, 7) is 3.52. The van der Waals surface area contributed by atoms with E-state index in [1.807, 2.05) is 19.1 Å². The molecule has 20 heavy (non-hydrogen) atoms. The Morgan fingerprint density at radius 2 is 1.85 bits per heavy atom. The molecule has 0 amide bonds. The Morgan fingerprint density at radius 3 is 2.25 bits per heavy atom. The first-order valence-electron chi connectivity index (χ1n) is 6.61. The topological polar surface area (TPSA) is 97.5 Å². The van der Waals surface area contributed by atoms with E-state index in [1.165, 1.54) is 6.92 Å². The summed E-state index contributed by atoms with van der Waals surface area (Å²) in [7, 11) is -3.50. The van der Waals surface area contributed by atoms with Crippen LogP contribution >= 0.6 is 0 Å². The van der Waals surface area contributed by atoms with Gasteiger partial charge in [-0.3, -0.25) is 4.79 Å². The van der Waals surface area contributed by atoms with E-state index < -0.39 is 32.5 Å². The number of sulfone groups is 1. The van der Waals surface area contributed by atoms with Gasteiger partial charge >= 0.3 is 5.97 Å². The number of nitrogens with two attached hydrogens (primary N) is 1. The predicted octanol–water partition coefficient (Wildman–Crippen LogP) is 0.932. The van der Waals surface area contributed by atoms with Crippen LogP contribution in [0.5, 0.6) is 0 Å². The molecule has 1 saturated carbocycles. The number of aryl methyl sites for hydroxylation is 1. The number of aliphatic carboxylic acids is 1. The highest BCUT2D eigenvalue weighted by Gasteiger charge is 2.73. The molecule has 0 radical (unpaired) electrons. The zero-order valence-corrected chi connectivity index (χ0v) is 12.4. The van der Waals surface area contributed by atoms with Crippen LogP contribution in [0.1, 0.15) is 30.9 Å². The normalized spacial score (nSPS) is 29.1. The van der Waals surface area contributed by atoms with Crippen molar-refractivity contribution in [3.8, 4) is 0 Å². The maximum atomic E-state index is 12.0. The van der Waals surface area contributed by atoms with Crippen molar-refractivity contribution in [2.24, 2.45) is 5.73 Å². The molecule has 0 bridgehead atoms. The molecule has 3 N–H and O–H groups in total. The maximum absolute atomic E-state index is 12.0. The van der Waals surface area contributed by atoms with Crippen LogP contribution in [0.2, 0.25) is 0 Å². The van der Waals surface area contributed by atoms with Crippen LogP contribution in [0.3, 0.4) is 0 Å². The van der Waals surface area contributed by atoms with Gasteiger partial charge in [-0.15, -0.1) is 0 Å². The molecule has 1 aromatic carbocycles. The van der Waals surface area contributed by atoms with Crippen molar-refractivity contribution in [3.63, 3.8) is 0 Å². The molecular formula is C14H19NO4S. The second-order valence-corrected chi connectivity index (χ2v) is 7.59. The van der Waals surface area contributed by atoms with Crippen LogP contribution in [0.25, 0.3) is 0 Å². The van der Waals surface area contributed by atoms with Crippen molar-refractivity contribution in [2.45, 2.75) is 37.0 Å². The van der Waals surface area contributed by atoms with E-state index in [4.69, 9.17) is 5.73 Å². The van der Waals surface area contributed by atoms with Gasteiger partial charge in [0.05, 0.1) is 5.25 Å². The molecule has 1 aliphatic rings. The predicted molar refractivity (Wildman–Crippen MR) is 76.4 cm³/mol. The smallest absolute Gasteiger partial charge is 0.325 e. The van der Waals surface area contributed by atoms with Gasteiger partial charge in [-0.05, 0) is 17.5 Å². The Morgan fingerprint density at radius 1 is 1.30 bits per heavy atom. The highest BCUT2D eigenvalue weighted by atomic mass is 32.2. The zero-order chi connectivity index (χ0) is 15.1. The number of benzene rings is 1. The second-order valence-electron chi connectivity index (χ2n) is 5.18. The van der Waals surface area contributed by atoms with E-state index >= 15 is 0 Å². The number of carboxylic acid groups (broad SMARTS) is 1. The van der Waals surface area contributed by atoms with Crippen LogP contribution < -0.4 is 5.73 Å². The average Bonchev–Trinajstić information content (AvgIpc) is 3.08. The van der Waals surface area contributed by atoms with Crippen molar-refractivity contribution in [1.29, 1.82) is 0 Å². The molecule has 6 heteroatoms. The van der Waals surface area contributed by atoms with Gasteiger partial charge in [0.15, 0.2) is 9.84 Å². The molecule has 2 rings (SSSR count). The van der Waals surface area contributed by atoms with Gasteiger partial charge in [0.2, 0.25) is 0 Å². The molecule has 1 fully saturated rings. The van der Waals surface area contributed by atoms with Crippen molar-refractivity contribution >= 4 is 15.8 Å². The Kier molecular flexibility index (Phi) is 3.64. The quantitative estimate of drug-likeness (QED) is 0.842. The third-order valence-electron chi connectivity index (χ3n) is 4.09. The first kappa shape index (κ1) is 15.0. The van der Waals surface area contributed by atoms with Crippen molar-refractivity contribution in [3.05, 3.63) is 35.4 Å². The fourth-order valence-electron chi connectivity index (χ4n) is 2.72. The van der Waals surface area contributed by atoms with Gasteiger partial charge in [0.1, 0.15) is 5.54 Å². The van der Waals surface area contributed by atoms with Crippen molar-refractivity contribution in [2.75, 3.05) is 5.75 Å². The van der Waals surface area contributed by atoms with E-state index in [0.717, 1.165) is 12.0 Å². The first-order valence-corrected chi connectivity index (χ1v) is 8.33. The summed E-state index contributed by atoms with van der Waals surface area (Å²) in [6, 6.07) is 7.32. The Hall–Kier alpha value is -1.40. The fourth-order valence-corrected chi connectivity index (χ4v) is 4.64. The average molecular weight is 297 g/mol. The molecule has 0 heterocycles. The highest BCUT2D eigenvalue weighted by molar-refractivity contribution is 7.92. The fraction of sp³-hybridized carbons (Fsp3) is 0.500. The lowest BCUT2D eigenvalue weighted by atomic mass is 10.0. The number of rotatable bonds is 5. The van der Waals surface area contributed by atoms with E-state index in [1.54, 1.807) is 12.1 Å². The molecule has 110 valence electrons. The molecule has 1 aliphatic carbocycles. The lowest BCUT2D eigenvalue weighted by Crippen LogP contribution is -2.40. The molecular weight excluding hydrogens is 278 g/mol. The van der Waals surface area contributed by atoms with E-state index in [0.29, 0.717) is 5.56 Å². The summed E-state index contributed by atoms with van der Waals surface area (Å²) < 4.78 is 24.1. The zero-order valence-electron chi connectivity index (χ0n) is 11.5.